The average Bonchev–Trinajstić information content (AvgIpc) is 3.04. The van der Waals surface area contributed by atoms with Gasteiger partial charge in [0, 0.05) is 38.4 Å². The molecule has 0 spiro atoms. The smallest absolute Gasteiger partial charge is 0.269 e. The Morgan fingerprint density at radius 2 is 1.81 bits per heavy atom. The quantitative estimate of drug-likeness (QED) is 0.457. The number of carbonyl (C=O) groups is 1. The van der Waals surface area contributed by atoms with Gasteiger partial charge in [-0.3, -0.25) is 4.79 Å². The van der Waals surface area contributed by atoms with Gasteiger partial charge in [0.1, 0.15) is 0 Å². The molecule has 1 atom stereocenters. The van der Waals surface area contributed by atoms with Crippen LogP contribution < -0.4 is 11.1 Å². The van der Waals surface area contributed by atoms with Gasteiger partial charge in [0.15, 0.2) is 11.3 Å². The lowest BCUT2D eigenvalue weighted by atomic mass is 9.96. The van der Waals surface area contributed by atoms with Crippen molar-refractivity contribution in [1.82, 2.24) is 15.2 Å². The van der Waals surface area contributed by atoms with Gasteiger partial charge in [-0.25, -0.2) is 0 Å². The maximum Gasteiger partial charge on any atom is 0.269 e. The number of aromatic nitrogens is 3. The first-order chi connectivity index (χ1) is 13.1. The third-order valence-electron chi connectivity index (χ3n) is 4.88. The molecule has 132 valence electrons. The van der Waals surface area contributed by atoms with Crippen LogP contribution in [0.4, 0.5) is 5.69 Å². The number of fused-ring (bicyclic) bond motifs is 2. The van der Waals surface area contributed by atoms with Crippen LogP contribution in [-0.4, -0.2) is 21.1 Å². The first-order valence-electron chi connectivity index (χ1n) is 8.43. The molecule has 6 nitrogen and oxygen atoms in total. The summed E-state index contributed by atoms with van der Waals surface area (Å²) >= 11 is 3.66. The molecular formula is C20H14BrN5O. The van der Waals surface area contributed by atoms with Crippen LogP contribution in [0.5, 0.6) is 0 Å². The summed E-state index contributed by atoms with van der Waals surface area (Å²) in [4.78, 5) is 15.3. The van der Waals surface area contributed by atoms with Gasteiger partial charge in [0.05, 0.1) is 6.04 Å². The number of hydrogen-bond donors (Lipinski definition) is 3. The Balaban J connectivity index is 1.92. The molecule has 0 saturated carbocycles. The van der Waals surface area contributed by atoms with Crippen molar-refractivity contribution < 1.29 is 4.79 Å². The molecule has 1 unspecified atom stereocenters. The summed E-state index contributed by atoms with van der Waals surface area (Å²) in [5.74, 6) is -0.597. The van der Waals surface area contributed by atoms with Gasteiger partial charge in [-0.1, -0.05) is 52.3 Å². The number of nitrogens with two attached hydrogens (primary N) is 1. The zero-order valence-electron chi connectivity index (χ0n) is 14.0. The highest BCUT2D eigenvalue weighted by molar-refractivity contribution is 9.10. The van der Waals surface area contributed by atoms with Crippen molar-refractivity contribution in [2.24, 2.45) is 5.73 Å². The number of benzene rings is 2. The highest BCUT2D eigenvalue weighted by Crippen LogP contribution is 2.45. The van der Waals surface area contributed by atoms with Crippen LogP contribution in [0.2, 0.25) is 0 Å². The molecule has 1 amide bonds. The van der Waals surface area contributed by atoms with Crippen molar-refractivity contribution in [3.63, 3.8) is 0 Å². The van der Waals surface area contributed by atoms with Crippen LogP contribution in [0.25, 0.3) is 22.2 Å². The van der Waals surface area contributed by atoms with Crippen LogP contribution in [0, 0.1) is 0 Å². The Kier molecular flexibility index (Phi) is 3.51. The van der Waals surface area contributed by atoms with Crippen LogP contribution >= 0.6 is 15.9 Å². The number of para-hydroxylation sites is 1. The molecule has 0 radical (unpaired) electrons. The number of nitrogens with zero attached hydrogens (tertiary/aromatic N) is 2. The van der Waals surface area contributed by atoms with E-state index in [-0.39, 0.29) is 11.7 Å². The lowest BCUT2D eigenvalue weighted by Gasteiger charge is -2.20. The fourth-order valence-corrected chi connectivity index (χ4v) is 4.23. The number of aromatic amines is 1. The summed E-state index contributed by atoms with van der Waals surface area (Å²) in [6.45, 7) is 0. The van der Waals surface area contributed by atoms with Gasteiger partial charge >= 0.3 is 0 Å². The van der Waals surface area contributed by atoms with E-state index in [0.29, 0.717) is 11.2 Å². The van der Waals surface area contributed by atoms with E-state index < -0.39 is 5.91 Å². The first-order valence-corrected chi connectivity index (χ1v) is 9.22. The molecule has 0 fully saturated rings. The van der Waals surface area contributed by atoms with E-state index in [0.717, 1.165) is 32.2 Å². The Morgan fingerprint density at radius 3 is 2.63 bits per heavy atom. The Morgan fingerprint density at radius 1 is 1.04 bits per heavy atom. The van der Waals surface area contributed by atoms with Gasteiger partial charge in [0.2, 0.25) is 0 Å². The highest BCUT2D eigenvalue weighted by Gasteiger charge is 2.30. The van der Waals surface area contributed by atoms with E-state index in [1.54, 1.807) is 0 Å². The standard InChI is InChI=1S/C20H14BrN5O/c21-13-7-3-1-5-10(13)17-12-9-23-20-16(12)15(18(19(22)27)25-26-20)11-6-2-4-8-14(11)24-17/h1-9,17,24H,(H2,22,27)(H,23,26). The first kappa shape index (κ1) is 16.0. The van der Waals surface area contributed by atoms with Crippen molar-refractivity contribution in [2.45, 2.75) is 6.04 Å². The number of halogens is 1. The molecule has 2 aromatic carbocycles. The molecule has 27 heavy (non-hydrogen) atoms. The number of carbonyl (C=O) groups excluding carboxylic acids is 1. The van der Waals surface area contributed by atoms with Gasteiger partial charge in [0.25, 0.3) is 5.91 Å². The molecule has 3 heterocycles. The second-order valence-corrected chi connectivity index (χ2v) is 7.25. The normalized spacial score (nSPS) is 15.1. The van der Waals surface area contributed by atoms with Crippen molar-refractivity contribution in [2.75, 3.05) is 5.32 Å². The van der Waals surface area contributed by atoms with E-state index in [4.69, 9.17) is 5.73 Å². The molecule has 0 bridgehead atoms. The summed E-state index contributed by atoms with van der Waals surface area (Å²) in [5, 5.41) is 12.7. The number of anilines is 1. The fourth-order valence-electron chi connectivity index (χ4n) is 3.71. The van der Waals surface area contributed by atoms with E-state index in [2.05, 4.69) is 42.5 Å². The van der Waals surface area contributed by atoms with Gasteiger partial charge < -0.3 is 16.0 Å². The molecule has 1 aliphatic rings. The predicted molar refractivity (Wildman–Crippen MR) is 107 cm³/mol. The molecule has 0 aliphatic carbocycles. The second kappa shape index (κ2) is 5.92. The third kappa shape index (κ3) is 2.35. The number of primary amides is 1. The number of hydrogen-bond acceptors (Lipinski definition) is 4. The minimum Gasteiger partial charge on any atom is -0.374 e. The second-order valence-electron chi connectivity index (χ2n) is 6.40. The molecule has 4 aromatic rings. The molecule has 5 rings (SSSR count). The third-order valence-corrected chi connectivity index (χ3v) is 5.61. The highest BCUT2D eigenvalue weighted by atomic mass is 79.9. The van der Waals surface area contributed by atoms with E-state index >= 15 is 0 Å². The fraction of sp³-hybridized carbons (Fsp3) is 0.0500. The summed E-state index contributed by atoms with van der Waals surface area (Å²) in [5.41, 5.74) is 11.0. The average molecular weight is 420 g/mol. The SMILES string of the molecule is NC(=O)c1nnc2[nH]cc3c2c1-c1ccccc1NC3c1ccccc1Br. The summed E-state index contributed by atoms with van der Waals surface area (Å²) in [7, 11) is 0. The van der Waals surface area contributed by atoms with Crippen LogP contribution in [0.3, 0.4) is 0 Å². The van der Waals surface area contributed by atoms with Crippen molar-refractivity contribution in [3.05, 3.63) is 76.0 Å². The Bertz CT molecular complexity index is 1220. The van der Waals surface area contributed by atoms with E-state index in [1.165, 1.54) is 0 Å². The summed E-state index contributed by atoms with van der Waals surface area (Å²) < 4.78 is 0.995. The number of nitrogens with one attached hydrogen (secondary N) is 2. The number of amides is 1. The molecule has 2 aromatic heterocycles. The maximum atomic E-state index is 12.1. The van der Waals surface area contributed by atoms with Gasteiger partial charge in [-0.05, 0) is 17.7 Å². The zero-order chi connectivity index (χ0) is 18.5. The molecular weight excluding hydrogens is 406 g/mol. The molecule has 4 N–H and O–H groups in total. The zero-order valence-corrected chi connectivity index (χ0v) is 15.6. The monoisotopic (exact) mass is 419 g/mol. The molecule has 7 heteroatoms. The van der Waals surface area contributed by atoms with Crippen molar-refractivity contribution in [1.29, 1.82) is 0 Å². The lowest BCUT2D eigenvalue weighted by Crippen LogP contribution is -2.15. The van der Waals surface area contributed by atoms with Crippen LogP contribution in [0.15, 0.2) is 59.2 Å². The maximum absolute atomic E-state index is 12.1. The minimum atomic E-state index is -0.597. The van der Waals surface area contributed by atoms with E-state index in [9.17, 15) is 4.79 Å². The minimum absolute atomic E-state index is 0.137. The lowest BCUT2D eigenvalue weighted by molar-refractivity contribution is 0.0995. The Labute approximate surface area is 162 Å². The van der Waals surface area contributed by atoms with Crippen molar-refractivity contribution in [3.8, 4) is 11.1 Å². The van der Waals surface area contributed by atoms with Gasteiger partial charge in [-0.15, -0.1) is 10.2 Å². The predicted octanol–water partition coefficient (Wildman–Crippen LogP) is 4.00. The van der Waals surface area contributed by atoms with Crippen LogP contribution in [-0.2, 0) is 0 Å². The number of rotatable bonds is 2. The molecule has 1 aliphatic heterocycles. The summed E-state index contributed by atoms with van der Waals surface area (Å²) in [6, 6.07) is 15.8. The van der Waals surface area contributed by atoms with E-state index in [1.807, 2.05) is 48.7 Å². The van der Waals surface area contributed by atoms with Crippen LogP contribution in [0.1, 0.15) is 27.7 Å². The topological polar surface area (TPSA) is 96.7 Å². The van der Waals surface area contributed by atoms with Crippen molar-refractivity contribution >= 4 is 38.6 Å². The molecule has 0 saturated heterocycles. The van der Waals surface area contributed by atoms with Gasteiger partial charge in [-0.2, -0.15) is 0 Å². The summed E-state index contributed by atoms with van der Waals surface area (Å²) in [6.07, 6.45) is 1.91. The number of H-pyrrole nitrogens is 1. The largest absolute Gasteiger partial charge is 0.374 e. The Hall–Kier alpha value is -3.19.